The summed E-state index contributed by atoms with van der Waals surface area (Å²) in [5.74, 6) is 0.675. The predicted molar refractivity (Wildman–Crippen MR) is 115 cm³/mol. The van der Waals surface area contributed by atoms with Crippen molar-refractivity contribution in [2.75, 3.05) is 5.32 Å². The fourth-order valence-electron chi connectivity index (χ4n) is 3.54. The molecule has 148 valence electrons. The molecular weight excluding hydrogens is 350 g/mol. The number of aromatic nitrogens is 2. The number of hydrogen-bond donors (Lipinski definition) is 1. The molecule has 0 aliphatic heterocycles. The molecule has 0 saturated carbocycles. The van der Waals surface area contributed by atoms with Crippen molar-refractivity contribution in [3.63, 3.8) is 0 Å². The summed E-state index contributed by atoms with van der Waals surface area (Å²) < 4.78 is 3.29. The lowest BCUT2D eigenvalue weighted by atomic mass is 9.94. The first-order chi connectivity index (χ1) is 13.3. The van der Waals surface area contributed by atoms with Gasteiger partial charge in [0, 0.05) is 25.7 Å². The Morgan fingerprint density at radius 1 is 1.00 bits per heavy atom. The summed E-state index contributed by atoms with van der Waals surface area (Å²) in [4.78, 5) is 25.1. The van der Waals surface area contributed by atoms with Crippen LogP contribution in [0.2, 0.25) is 0 Å². The third-order valence-corrected chi connectivity index (χ3v) is 5.25. The van der Waals surface area contributed by atoms with Gasteiger partial charge in [0.15, 0.2) is 0 Å². The average Bonchev–Trinajstić information content (AvgIpc) is 2.91. The highest BCUT2D eigenvalue weighted by Gasteiger charge is 2.14. The van der Waals surface area contributed by atoms with Gasteiger partial charge in [-0.05, 0) is 41.2 Å². The van der Waals surface area contributed by atoms with Gasteiger partial charge in [-0.1, -0.05) is 52.0 Å². The van der Waals surface area contributed by atoms with E-state index in [1.54, 1.807) is 16.2 Å². The van der Waals surface area contributed by atoms with Crippen LogP contribution in [0.5, 0.6) is 0 Å². The molecule has 0 aliphatic rings. The summed E-state index contributed by atoms with van der Waals surface area (Å²) in [7, 11) is 1.76. The van der Waals surface area contributed by atoms with Crippen molar-refractivity contribution in [2.45, 2.75) is 52.5 Å². The summed E-state index contributed by atoms with van der Waals surface area (Å²) in [6.45, 7) is 8.95. The molecule has 0 spiro atoms. The van der Waals surface area contributed by atoms with E-state index >= 15 is 0 Å². The second-order valence-corrected chi connectivity index (χ2v) is 7.94. The Kier molecular flexibility index (Phi) is 5.73. The number of hydrogen-bond acceptors (Lipinski definition) is 2. The molecule has 1 heterocycles. The molecule has 1 aromatic heterocycles. The maximum Gasteiger partial charge on any atom is 0.328 e. The Morgan fingerprint density at radius 3 is 2.32 bits per heavy atom. The van der Waals surface area contributed by atoms with Crippen molar-refractivity contribution >= 4 is 22.6 Å². The Morgan fingerprint density at radius 2 is 1.68 bits per heavy atom. The number of aryl methyl sites for hydroxylation is 2. The first-order valence-corrected chi connectivity index (χ1v) is 9.87. The summed E-state index contributed by atoms with van der Waals surface area (Å²) in [5, 5.41) is 3.04. The highest BCUT2D eigenvalue weighted by atomic mass is 16.2. The van der Waals surface area contributed by atoms with Crippen molar-refractivity contribution < 1.29 is 4.79 Å². The monoisotopic (exact) mass is 379 g/mol. The molecule has 5 heteroatoms. The van der Waals surface area contributed by atoms with Gasteiger partial charge in [-0.3, -0.25) is 13.9 Å². The topological polar surface area (TPSA) is 56.0 Å². The summed E-state index contributed by atoms with van der Waals surface area (Å²) in [6.07, 6.45) is 0.247. The van der Waals surface area contributed by atoms with Crippen LogP contribution < -0.4 is 11.0 Å². The van der Waals surface area contributed by atoms with Crippen LogP contribution in [0, 0.1) is 0 Å². The number of anilines is 1. The maximum atomic E-state index is 12.6. The van der Waals surface area contributed by atoms with Crippen LogP contribution in [0.3, 0.4) is 0 Å². The van der Waals surface area contributed by atoms with Gasteiger partial charge in [0.2, 0.25) is 5.91 Å². The number of nitrogens with zero attached hydrogens (tertiary/aromatic N) is 2. The number of para-hydroxylation sites is 2. The second-order valence-electron chi connectivity index (χ2n) is 7.94. The summed E-state index contributed by atoms with van der Waals surface area (Å²) in [5.41, 5.74) is 4.89. The highest BCUT2D eigenvalue weighted by Crippen LogP contribution is 2.28. The SMILES string of the molecule is CC(C)c1ccc(NC(=O)CCn2c(=O)n(C)c3ccccc32)c(C(C)C)c1. The molecular formula is C23H29N3O2. The van der Waals surface area contributed by atoms with Crippen LogP contribution in [-0.4, -0.2) is 15.0 Å². The second kappa shape index (κ2) is 8.05. The lowest BCUT2D eigenvalue weighted by Crippen LogP contribution is -2.24. The zero-order valence-electron chi connectivity index (χ0n) is 17.3. The molecule has 0 radical (unpaired) electrons. The first kappa shape index (κ1) is 19.9. The molecule has 3 rings (SSSR count). The molecule has 1 amide bonds. The number of benzene rings is 2. The van der Waals surface area contributed by atoms with Gasteiger partial charge in [-0.25, -0.2) is 4.79 Å². The number of amides is 1. The van der Waals surface area contributed by atoms with Crippen LogP contribution in [-0.2, 0) is 18.4 Å². The minimum Gasteiger partial charge on any atom is -0.326 e. The fraction of sp³-hybridized carbons (Fsp3) is 0.391. The van der Waals surface area contributed by atoms with Crippen molar-refractivity contribution in [3.8, 4) is 0 Å². The van der Waals surface area contributed by atoms with Gasteiger partial charge >= 0.3 is 5.69 Å². The summed E-state index contributed by atoms with van der Waals surface area (Å²) >= 11 is 0. The van der Waals surface area contributed by atoms with E-state index in [4.69, 9.17) is 0 Å². The van der Waals surface area contributed by atoms with Crippen LogP contribution in [0.1, 0.15) is 57.1 Å². The molecule has 0 bridgehead atoms. The Hall–Kier alpha value is -2.82. The van der Waals surface area contributed by atoms with E-state index in [1.165, 1.54) is 5.56 Å². The van der Waals surface area contributed by atoms with Gasteiger partial charge in [0.05, 0.1) is 11.0 Å². The number of fused-ring (bicyclic) bond motifs is 1. The predicted octanol–water partition coefficient (Wildman–Crippen LogP) is 4.62. The Balaban J connectivity index is 1.77. The third-order valence-electron chi connectivity index (χ3n) is 5.25. The third kappa shape index (κ3) is 3.88. The number of imidazole rings is 1. The molecule has 0 atom stereocenters. The number of rotatable bonds is 6. The molecule has 0 aliphatic carbocycles. The Bertz CT molecular complexity index is 1060. The van der Waals surface area contributed by atoms with Crippen molar-refractivity contribution in [3.05, 3.63) is 64.1 Å². The summed E-state index contributed by atoms with van der Waals surface area (Å²) in [6, 6.07) is 13.9. The molecule has 3 aromatic rings. The highest BCUT2D eigenvalue weighted by molar-refractivity contribution is 5.91. The van der Waals surface area contributed by atoms with E-state index in [2.05, 4.69) is 45.1 Å². The van der Waals surface area contributed by atoms with Gasteiger partial charge < -0.3 is 5.32 Å². The molecule has 0 saturated heterocycles. The van der Waals surface area contributed by atoms with Gasteiger partial charge in [-0.15, -0.1) is 0 Å². The van der Waals surface area contributed by atoms with Crippen LogP contribution in [0.4, 0.5) is 5.69 Å². The molecule has 0 unspecified atom stereocenters. The molecule has 5 nitrogen and oxygen atoms in total. The minimum absolute atomic E-state index is 0.0842. The van der Waals surface area contributed by atoms with E-state index < -0.39 is 0 Å². The maximum absolute atomic E-state index is 12.6. The van der Waals surface area contributed by atoms with Crippen LogP contribution in [0.25, 0.3) is 11.0 Å². The van der Waals surface area contributed by atoms with Crippen LogP contribution >= 0.6 is 0 Å². The molecule has 2 aromatic carbocycles. The largest absolute Gasteiger partial charge is 0.328 e. The lowest BCUT2D eigenvalue weighted by molar-refractivity contribution is -0.116. The molecule has 28 heavy (non-hydrogen) atoms. The number of nitrogens with one attached hydrogen (secondary N) is 1. The lowest BCUT2D eigenvalue weighted by Gasteiger charge is -2.17. The quantitative estimate of drug-likeness (QED) is 0.680. The van der Waals surface area contributed by atoms with E-state index in [0.29, 0.717) is 18.4 Å². The zero-order chi connectivity index (χ0) is 20.4. The minimum atomic E-state index is -0.0989. The van der Waals surface area contributed by atoms with Crippen molar-refractivity contribution in [2.24, 2.45) is 7.05 Å². The van der Waals surface area contributed by atoms with Crippen molar-refractivity contribution in [1.29, 1.82) is 0 Å². The molecule has 0 fully saturated rings. The van der Waals surface area contributed by atoms with Gasteiger partial charge in [0.1, 0.15) is 0 Å². The van der Waals surface area contributed by atoms with Gasteiger partial charge in [0.25, 0.3) is 0 Å². The van der Waals surface area contributed by atoms with E-state index in [1.807, 2.05) is 30.3 Å². The van der Waals surface area contributed by atoms with Crippen molar-refractivity contribution in [1.82, 2.24) is 9.13 Å². The van der Waals surface area contributed by atoms with E-state index in [0.717, 1.165) is 22.3 Å². The zero-order valence-corrected chi connectivity index (χ0v) is 17.3. The molecule has 1 N–H and O–H groups in total. The first-order valence-electron chi connectivity index (χ1n) is 9.87. The van der Waals surface area contributed by atoms with Crippen LogP contribution in [0.15, 0.2) is 47.3 Å². The van der Waals surface area contributed by atoms with Gasteiger partial charge in [-0.2, -0.15) is 0 Å². The van der Waals surface area contributed by atoms with E-state index in [9.17, 15) is 9.59 Å². The number of carbonyl (C=O) groups excluding carboxylic acids is 1. The smallest absolute Gasteiger partial charge is 0.326 e. The number of carbonyl (C=O) groups is 1. The Labute approximate surface area is 166 Å². The standard InChI is InChI=1S/C23H29N3O2/c1-15(2)17-10-11-19(18(14-17)16(3)4)24-22(27)12-13-26-21-9-7-6-8-20(21)25(5)23(26)28/h6-11,14-16H,12-13H2,1-5H3,(H,24,27). The fourth-order valence-corrected chi connectivity index (χ4v) is 3.54. The van der Waals surface area contributed by atoms with E-state index in [-0.39, 0.29) is 18.0 Å². The normalized spacial score (nSPS) is 11.5. The average molecular weight is 380 g/mol.